The van der Waals surface area contributed by atoms with Crippen LogP contribution in [0.3, 0.4) is 0 Å². The van der Waals surface area contributed by atoms with Gasteiger partial charge in [0.1, 0.15) is 0 Å². The molecule has 0 aliphatic rings. The molecule has 0 fully saturated rings. The van der Waals surface area contributed by atoms with Gasteiger partial charge in [-0.1, -0.05) is 0 Å². The monoisotopic (exact) mass is 177 g/mol. The molecule has 0 heterocycles. The van der Waals surface area contributed by atoms with Gasteiger partial charge in [-0.2, -0.15) is 0 Å². The quantitative estimate of drug-likeness (QED) is 0.531. The summed E-state index contributed by atoms with van der Waals surface area (Å²) in [5, 5.41) is 0. The Balaban J connectivity index is 3.06. The number of nitrogens with two attached hydrogens (primary N) is 2. The highest BCUT2D eigenvalue weighted by Crippen LogP contribution is 2.23. The minimum absolute atomic E-state index is 0.461. The number of aliphatic imine (C=N–C) groups is 1. The van der Waals surface area contributed by atoms with Crippen LogP contribution in [0.25, 0.3) is 0 Å². The zero-order chi connectivity index (χ0) is 9.84. The lowest BCUT2D eigenvalue weighted by Gasteiger charge is -2.05. The Hall–Kier alpha value is -1.35. The average molecular weight is 177 g/mol. The third-order valence-corrected chi connectivity index (χ3v) is 1.92. The molecule has 0 saturated carbocycles. The molecule has 1 aromatic carbocycles. The average Bonchev–Trinajstić information content (AvgIpc) is 2.10. The Morgan fingerprint density at radius 3 is 2.31 bits per heavy atom. The number of rotatable bonds is 2. The maximum atomic E-state index is 5.80. The molecular weight excluding hydrogens is 162 g/mol. The number of nitrogens with zero attached hydrogens (tertiary/aromatic N) is 1. The second kappa shape index (κ2) is 4.05. The normalized spacial score (nSPS) is 11.0. The van der Waals surface area contributed by atoms with Gasteiger partial charge >= 0.3 is 0 Å². The molecule has 3 heteroatoms. The molecule has 0 radical (unpaired) electrons. The lowest BCUT2D eigenvalue weighted by atomic mass is 10.1. The van der Waals surface area contributed by atoms with E-state index < -0.39 is 0 Å². The number of hydrogen-bond acceptors (Lipinski definition) is 3. The first-order valence-corrected chi connectivity index (χ1v) is 4.24. The van der Waals surface area contributed by atoms with Crippen molar-refractivity contribution in [2.45, 2.75) is 13.8 Å². The summed E-state index contributed by atoms with van der Waals surface area (Å²) in [7, 11) is 0. The number of hydrogen-bond donors (Lipinski definition) is 2. The van der Waals surface area contributed by atoms with Gasteiger partial charge in [0.25, 0.3) is 0 Å². The number of nitrogen functional groups attached to an aromatic ring is 1. The predicted octanol–water partition coefficient (Wildman–Crippen LogP) is 1.55. The first-order chi connectivity index (χ1) is 6.15. The van der Waals surface area contributed by atoms with E-state index in [9.17, 15) is 0 Å². The van der Waals surface area contributed by atoms with E-state index >= 15 is 0 Å². The Bertz CT molecular complexity index is 306. The standard InChI is InChI=1S/C10H15N3/c1-7-5-9(13-4-3-11)6-8(2)10(7)12/h4-6H,3,11-12H2,1-2H3. The molecular formula is C10H15N3. The van der Waals surface area contributed by atoms with Crippen molar-refractivity contribution in [3.05, 3.63) is 23.3 Å². The third-order valence-electron chi connectivity index (χ3n) is 1.92. The second-order valence-electron chi connectivity index (χ2n) is 3.04. The van der Waals surface area contributed by atoms with Crippen LogP contribution in [-0.4, -0.2) is 12.8 Å². The topological polar surface area (TPSA) is 64.4 Å². The Morgan fingerprint density at radius 1 is 1.31 bits per heavy atom. The van der Waals surface area contributed by atoms with E-state index in [2.05, 4.69) is 4.99 Å². The van der Waals surface area contributed by atoms with Crippen LogP contribution >= 0.6 is 0 Å². The van der Waals surface area contributed by atoms with E-state index in [4.69, 9.17) is 11.5 Å². The molecule has 0 aliphatic carbocycles. The summed E-state index contributed by atoms with van der Waals surface area (Å²) in [5.74, 6) is 0. The highest BCUT2D eigenvalue weighted by Gasteiger charge is 1.99. The molecule has 0 amide bonds. The molecule has 0 atom stereocenters. The van der Waals surface area contributed by atoms with E-state index in [1.165, 1.54) is 0 Å². The molecule has 0 bridgehead atoms. The predicted molar refractivity (Wildman–Crippen MR) is 57.5 cm³/mol. The largest absolute Gasteiger partial charge is 0.398 e. The second-order valence-corrected chi connectivity index (χ2v) is 3.04. The summed E-state index contributed by atoms with van der Waals surface area (Å²) >= 11 is 0. The van der Waals surface area contributed by atoms with Crippen molar-refractivity contribution in [1.82, 2.24) is 0 Å². The van der Waals surface area contributed by atoms with Gasteiger partial charge in [-0.3, -0.25) is 4.99 Å². The number of benzene rings is 1. The highest BCUT2D eigenvalue weighted by atomic mass is 14.7. The van der Waals surface area contributed by atoms with Crippen molar-refractivity contribution >= 4 is 17.6 Å². The summed E-state index contributed by atoms with van der Waals surface area (Å²) in [4.78, 5) is 4.18. The first-order valence-electron chi connectivity index (χ1n) is 4.24. The van der Waals surface area contributed by atoms with E-state index in [-0.39, 0.29) is 0 Å². The summed E-state index contributed by atoms with van der Waals surface area (Å²) < 4.78 is 0. The minimum Gasteiger partial charge on any atom is -0.398 e. The molecule has 3 nitrogen and oxygen atoms in total. The van der Waals surface area contributed by atoms with E-state index in [0.717, 1.165) is 22.5 Å². The van der Waals surface area contributed by atoms with E-state index in [1.807, 2.05) is 26.0 Å². The molecule has 70 valence electrons. The molecule has 0 spiro atoms. The summed E-state index contributed by atoms with van der Waals surface area (Å²) in [6.45, 7) is 4.41. The maximum Gasteiger partial charge on any atom is 0.0633 e. The number of anilines is 1. The van der Waals surface area contributed by atoms with Crippen LogP contribution in [0.4, 0.5) is 11.4 Å². The fourth-order valence-corrected chi connectivity index (χ4v) is 1.18. The van der Waals surface area contributed by atoms with Crippen molar-refractivity contribution in [2.24, 2.45) is 10.7 Å². The molecule has 0 saturated heterocycles. The Labute approximate surface area is 78.5 Å². The van der Waals surface area contributed by atoms with Crippen molar-refractivity contribution < 1.29 is 0 Å². The minimum atomic E-state index is 0.461. The fourth-order valence-electron chi connectivity index (χ4n) is 1.18. The van der Waals surface area contributed by atoms with Crippen LogP contribution in [0.15, 0.2) is 17.1 Å². The highest BCUT2D eigenvalue weighted by molar-refractivity contribution is 5.67. The molecule has 1 aromatic rings. The fraction of sp³-hybridized carbons (Fsp3) is 0.300. The van der Waals surface area contributed by atoms with Gasteiger partial charge in [-0.05, 0) is 37.1 Å². The van der Waals surface area contributed by atoms with Crippen molar-refractivity contribution in [1.29, 1.82) is 0 Å². The van der Waals surface area contributed by atoms with Crippen LogP contribution < -0.4 is 11.5 Å². The van der Waals surface area contributed by atoms with Crippen molar-refractivity contribution in [2.75, 3.05) is 12.3 Å². The van der Waals surface area contributed by atoms with Crippen molar-refractivity contribution in [3.63, 3.8) is 0 Å². The first kappa shape index (κ1) is 9.74. The van der Waals surface area contributed by atoms with Gasteiger partial charge in [0.05, 0.1) is 5.69 Å². The molecule has 0 aliphatic heterocycles. The maximum absolute atomic E-state index is 5.80. The zero-order valence-electron chi connectivity index (χ0n) is 8.04. The van der Waals surface area contributed by atoms with Gasteiger partial charge < -0.3 is 11.5 Å². The zero-order valence-corrected chi connectivity index (χ0v) is 8.04. The van der Waals surface area contributed by atoms with E-state index in [0.29, 0.717) is 6.54 Å². The molecule has 0 unspecified atom stereocenters. The summed E-state index contributed by atoms with van der Waals surface area (Å²) in [6.07, 6.45) is 1.68. The van der Waals surface area contributed by atoms with Crippen LogP contribution in [-0.2, 0) is 0 Å². The van der Waals surface area contributed by atoms with Crippen molar-refractivity contribution in [3.8, 4) is 0 Å². The van der Waals surface area contributed by atoms with Gasteiger partial charge in [-0.15, -0.1) is 0 Å². The smallest absolute Gasteiger partial charge is 0.0633 e. The van der Waals surface area contributed by atoms with Gasteiger partial charge in [0, 0.05) is 18.4 Å². The Kier molecular flexibility index (Phi) is 3.03. The Morgan fingerprint density at radius 2 is 1.85 bits per heavy atom. The van der Waals surface area contributed by atoms with Crippen LogP contribution in [0, 0.1) is 13.8 Å². The SMILES string of the molecule is Cc1cc(N=CCN)cc(C)c1N. The van der Waals surface area contributed by atoms with Gasteiger partial charge in [0.2, 0.25) is 0 Å². The van der Waals surface area contributed by atoms with E-state index in [1.54, 1.807) is 6.21 Å². The summed E-state index contributed by atoms with van der Waals surface area (Å²) in [5.41, 5.74) is 15.0. The van der Waals surface area contributed by atoms with Crippen LogP contribution in [0.5, 0.6) is 0 Å². The van der Waals surface area contributed by atoms with Gasteiger partial charge in [0.15, 0.2) is 0 Å². The molecule has 0 aromatic heterocycles. The lowest BCUT2D eigenvalue weighted by molar-refractivity contribution is 1.31. The lowest BCUT2D eigenvalue weighted by Crippen LogP contribution is -1.98. The molecule has 13 heavy (non-hydrogen) atoms. The molecule has 4 N–H and O–H groups in total. The van der Waals surface area contributed by atoms with Crippen LogP contribution in [0.1, 0.15) is 11.1 Å². The number of aryl methyl sites for hydroxylation is 2. The molecule has 1 rings (SSSR count). The van der Waals surface area contributed by atoms with Gasteiger partial charge in [-0.25, -0.2) is 0 Å². The third kappa shape index (κ3) is 2.29. The summed E-state index contributed by atoms with van der Waals surface area (Å²) in [6, 6.07) is 3.91. The van der Waals surface area contributed by atoms with Crippen LogP contribution in [0.2, 0.25) is 0 Å².